The van der Waals surface area contributed by atoms with Gasteiger partial charge in [-0.3, -0.25) is 9.97 Å². The standard InChI is InChI=1S/2C43H29N3.C42H28N4/c1-3-12-32(13-4-1)41-29-42(33-14-5-2-6-15-33)46-43(45-41)39-27-37(31-18-21-34(22-19-31)40-17-9-10-24-44-40)26-38(28-39)36-23-20-30-11-7-8-16-35(30)25-36;1-3-11-33(12-4-1)41-28-42(34-13-5-2-6-14-34)46-43(45-41)40-26-38(32-19-17-31(18-20-32)37-16-9-23-44-29-37)25-39(27-40)36-22-21-30-10-7-8-15-35(30)24-36;1-3-12-30(13-4-1)40-27-41(31-14-5-2-6-15-31)46-42(45-40)36-25-34(32-17-9-18-33(23-32)39-21-22-43-28-44-39)24-35(26-36)38-20-10-16-29-11-7-8-19-37(29)38/h2*1-29H;1-28H. The first-order valence-electron chi connectivity index (χ1n) is 46.1. The Morgan fingerprint density at radius 2 is 0.435 bits per heavy atom. The van der Waals surface area contributed by atoms with Gasteiger partial charge in [-0.15, -0.1) is 0 Å². The van der Waals surface area contributed by atoms with E-state index in [4.69, 9.17) is 29.9 Å². The molecule has 0 radical (unpaired) electrons. The zero-order valence-electron chi connectivity index (χ0n) is 75.1. The topological polar surface area (TPSA) is 129 Å². The third-order valence-corrected chi connectivity index (χ3v) is 24.9. The van der Waals surface area contributed by atoms with Crippen molar-refractivity contribution in [2.24, 2.45) is 0 Å². The van der Waals surface area contributed by atoms with Gasteiger partial charge in [-0.25, -0.2) is 39.9 Å². The number of aromatic nitrogens is 10. The van der Waals surface area contributed by atoms with E-state index in [9.17, 15) is 0 Å². The molecule has 0 aliphatic carbocycles. The highest BCUT2D eigenvalue weighted by Crippen LogP contribution is 2.43. The lowest BCUT2D eigenvalue weighted by atomic mass is 9.92. The molecule has 18 aromatic carbocycles. The van der Waals surface area contributed by atoms with E-state index in [-0.39, 0.29) is 0 Å². The van der Waals surface area contributed by atoms with Crippen LogP contribution in [0.5, 0.6) is 0 Å². The first-order valence-corrected chi connectivity index (χ1v) is 46.1. The second-order valence-electron chi connectivity index (χ2n) is 33.9. The normalized spacial score (nSPS) is 11.0. The van der Waals surface area contributed by atoms with Gasteiger partial charge in [0.05, 0.1) is 45.6 Å². The average molecular weight is 1760 g/mol. The van der Waals surface area contributed by atoms with Crippen molar-refractivity contribution in [1.29, 1.82) is 0 Å². The van der Waals surface area contributed by atoms with E-state index in [0.717, 1.165) is 185 Å². The Kier molecular flexibility index (Phi) is 24.2. The predicted octanol–water partition coefficient (Wildman–Crippen LogP) is 32.5. The number of nitrogens with zero attached hydrogens (tertiary/aromatic N) is 10. The van der Waals surface area contributed by atoms with Crippen LogP contribution in [0.2, 0.25) is 0 Å². The number of rotatable bonds is 18. The fourth-order valence-electron chi connectivity index (χ4n) is 17.8. The van der Waals surface area contributed by atoms with E-state index in [1.54, 1.807) is 18.7 Å². The van der Waals surface area contributed by atoms with Crippen LogP contribution >= 0.6 is 0 Å². The second kappa shape index (κ2) is 39.4. The fourth-order valence-corrected chi connectivity index (χ4v) is 17.8. The molecule has 6 aromatic heterocycles. The Balaban J connectivity index is 0.000000119. The maximum Gasteiger partial charge on any atom is 0.160 e. The van der Waals surface area contributed by atoms with Crippen LogP contribution in [-0.4, -0.2) is 49.8 Å². The summed E-state index contributed by atoms with van der Waals surface area (Å²) in [4.78, 5) is 48.4. The Labute approximate surface area is 801 Å². The van der Waals surface area contributed by atoms with Gasteiger partial charge < -0.3 is 0 Å². The molecule has 10 heteroatoms. The van der Waals surface area contributed by atoms with E-state index < -0.39 is 0 Å². The van der Waals surface area contributed by atoms with Gasteiger partial charge in [-0.2, -0.15) is 0 Å². The number of hydrogen-bond acceptors (Lipinski definition) is 10. The summed E-state index contributed by atoms with van der Waals surface area (Å²) in [6.07, 6.45) is 8.89. The molecule has 0 atom stereocenters. The molecule has 648 valence electrons. The molecule has 0 saturated carbocycles. The zero-order valence-corrected chi connectivity index (χ0v) is 75.1. The van der Waals surface area contributed by atoms with Gasteiger partial charge in [0.1, 0.15) is 6.33 Å². The minimum Gasteiger partial charge on any atom is -0.264 e. The molecule has 138 heavy (non-hydrogen) atoms. The molecular formula is C128H86N10. The minimum atomic E-state index is 0.676. The summed E-state index contributed by atoms with van der Waals surface area (Å²) in [5.74, 6) is 2.06. The summed E-state index contributed by atoms with van der Waals surface area (Å²) in [5.41, 5.74) is 34.1. The molecule has 0 saturated heterocycles. The fraction of sp³-hybridized carbons (Fsp3) is 0. The number of pyridine rings is 2. The van der Waals surface area contributed by atoms with E-state index >= 15 is 0 Å². The summed E-state index contributed by atoms with van der Waals surface area (Å²) in [5, 5.41) is 7.26. The molecule has 0 amide bonds. The Bertz CT molecular complexity index is 7930. The molecule has 0 spiro atoms. The first kappa shape index (κ1) is 84.9. The summed E-state index contributed by atoms with van der Waals surface area (Å²) < 4.78 is 0. The van der Waals surface area contributed by atoms with Crippen LogP contribution in [0.15, 0.2) is 522 Å². The SMILES string of the molecule is c1ccc(-c2cc(-c3ccccc3)nc(-c3cc(-c4ccc(-c5ccccn5)cc4)cc(-c4ccc5ccccc5c4)c3)n2)cc1.c1ccc(-c2cc(-c3ccccc3)nc(-c3cc(-c4ccc(-c5cccnc5)cc4)cc(-c4ccc5ccccc5c4)c3)n2)cc1.c1ccc(-c2cc(-c3ccccc3)nc(-c3cc(-c4cccc(-c5ccncn5)c4)cc(-c4cccc5ccccc45)c3)n2)cc1. The van der Waals surface area contributed by atoms with Crippen LogP contribution in [-0.2, 0) is 0 Å². The lowest BCUT2D eigenvalue weighted by Gasteiger charge is -2.14. The van der Waals surface area contributed by atoms with E-state index in [1.165, 1.54) is 32.3 Å². The summed E-state index contributed by atoms with van der Waals surface area (Å²) >= 11 is 0. The smallest absolute Gasteiger partial charge is 0.160 e. The lowest BCUT2D eigenvalue weighted by molar-refractivity contribution is 1.17. The van der Waals surface area contributed by atoms with Gasteiger partial charge in [0.25, 0.3) is 0 Å². The summed E-state index contributed by atoms with van der Waals surface area (Å²) in [6, 6.07) is 171. The molecule has 0 unspecified atom stereocenters. The average Bonchev–Trinajstić information content (AvgIpc) is 0.506. The van der Waals surface area contributed by atoms with Crippen LogP contribution in [0.4, 0.5) is 0 Å². The minimum absolute atomic E-state index is 0.676. The lowest BCUT2D eigenvalue weighted by Crippen LogP contribution is -1.97. The van der Waals surface area contributed by atoms with Gasteiger partial charge in [-0.05, 0) is 225 Å². The third kappa shape index (κ3) is 19.1. The van der Waals surface area contributed by atoms with Crippen LogP contribution in [0.3, 0.4) is 0 Å². The van der Waals surface area contributed by atoms with Crippen molar-refractivity contribution in [3.05, 3.63) is 522 Å². The molecule has 0 fully saturated rings. The quantitative estimate of drug-likeness (QED) is 0.0819. The van der Waals surface area contributed by atoms with Gasteiger partial charge in [0, 0.05) is 86.0 Å². The highest BCUT2D eigenvalue weighted by atomic mass is 14.9. The van der Waals surface area contributed by atoms with Crippen molar-refractivity contribution in [2.75, 3.05) is 0 Å². The van der Waals surface area contributed by atoms with E-state index in [0.29, 0.717) is 17.5 Å². The molecule has 0 bridgehead atoms. The maximum atomic E-state index is 5.17. The Morgan fingerprint density at radius 1 is 0.130 bits per heavy atom. The van der Waals surface area contributed by atoms with Gasteiger partial charge in [-0.1, -0.05) is 376 Å². The molecule has 24 aromatic rings. The molecule has 0 aliphatic heterocycles. The van der Waals surface area contributed by atoms with Gasteiger partial charge in [0.2, 0.25) is 0 Å². The zero-order chi connectivity index (χ0) is 92.1. The number of fused-ring (bicyclic) bond motifs is 3. The monoisotopic (exact) mass is 1760 g/mol. The van der Waals surface area contributed by atoms with Crippen molar-refractivity contribution in [2.45, 2.75) is 0 Å². The summed E-state index contributed by atoms with van der Waals surface area (Å²) in [6.45, 7) is 0. The number of benzene rings is 18. The summed E-state index contributed by atoms with van der Waals surface area (Å²) in [7, 11) is 0. The van der Waals surface area contributed by atoms with Gasteiger partial charge in [0.15, 0.2) is 17.5 Å². The van der Waals surface area contributed by atoms with Crippen molar-refractivity contribution in [3.63, 3.8) is 0 Å². The van der Waals surface area contributed by atoms with Crippen molar-refractivity contribution < 1.29 is 0 Å². The van der Waals surface area contributed by atoms with Gasteiger partial charge >= 0.3 is 0 Å². The largest absolute Gasteiger partial charge is 0.264 e. The van der Waals surface area contributed by atoms with Crippen LogP contribution < -0.4 is 0 Å². The van der Waals surface area contributed by atoms with Crippen molar-refractivity contribution in [1.82, 2.24) is 49.8 Å². The number of hydrogen-bond donors (Lipinski definition) is 0. The molecule has 0 N–H and O–H groups in total. The van der Waals surface area contributed by atoms with Crippen LogP contribution in [0.25, 0.3) is 234 Å². The van der Waals surface area contributed by atoms with Crippen molar-refractivity contribution >= 4 is 32.3 Å². The molecule has 6 heterocycles. The highest BCUT2D eigenvalue weighted by molar-refractivity contribution is 5.99. The highest BCUT2D eigenvalue weighted by Gasteiger charge is 2.21. The third-order valence-electron chi connectivity index (χ3n) is 24.9. The molecular weight excluding hydrogens is 1680 g/mol. The molecule has 24 rings (SSSR count). The second-order valence-corrected chi connectivity index (χ2v) is 33.9. The van der Waals surface area contributed by atoms with Crippen LogP contribution in [0.1, 0.15) is 0 Å². The predicted molar refractivity (Wildman–Crippen MR) is 568 cm³/mol. The van der Waals surface area contributed by atoms with E-state index in [1.807, 2.05) is 152 Å². The van der Waals surface area contributed by atoms with Crippen LogP contribution in [0, 0.1) is 0 Å². The maximum absolute atomic E-state index is 5.17. The Hall–Kier alpha value is -18.6. The van der Waals surface area contributed by atoms with Crippen molar-refractivity contribution in [3.8, 4) is 202 Å². The van der Waals surface area contributed by atoms with E-state index in [2.05, 4.69) is 372 Å². The molecule has 0 aliphatic rings. The Morgan fingerprint density at radius 3 is 0.848 bits per heavy atom. The molecule has 10 nitrogen and oxygen atoms in total. The first-order chi connectivity index (χ1) is 68.3.